The van der Waals surface area contributed by atoms with Gasteiger partial charge in [-0.2, -0.15) is 0 Å². The molecule has 0 aromatic heterocycles. The van der Waals surface area contributed by atoms with E-state index in [1.807, 2.05) is 12.1 Å². The van der Waals surface area contributed by atoms with Crippen molar-refractivity contribution in [2.75, 3.05) is 78.3 Å². The zero-order valence-electron chi connectivity index (χ0n) is 24.5. The molecule has 2 aromatic carbocycles. The van der Waals surface area contributed by atoms with Crippen molar-refractivity contribution in [2.24, 2.45) is 0 Å². The van der Waals surface area contributed by atoms with Crippen molar-refractivity contribution in [1.29, 1.82) is 0 Å². The van der Waals surface area contributed by atoms with Crippen LogP contribution >= 0.6 is 0 Å². The Labute approximate surface area is 244 Å². The molecule has 0 radical (unpaired) electrons. The molecule has 9 nitrogen and oxygen atoms in total. The summed E-state index contributed by atoms with van der Waals surface area (Å²) in [6, 6.07) is 14.6. The van der Waals surface area contributed by atoms with Crippen LogP contribution in [-0.4, -0.2) is 96.3 Å². The highest BCUT2D eigenvalue weighted by Crippen LogP contribution is 2.35. The zero-order chi connectivity index (χ0) is 28.5. The summed E-state index contributed by atoms with van der Waals surface area (Å²) in [7, 11) is 3.42. The van der Waals surface area contributed by atoms with Crippen molar-refractivity contribution in [3.8, 4) is 11.5 Å². The molecule has 2 N–H and O–H groups in total. The van der Waals surface area contributed by atoms with Gasteiger partial charge in [0, 0.05) is 59.1 Å². The fraction of sp³-hybridized carbons (Fsp3) is 0.625. The predicted octanol–water partition coefficient (Wildman–Crippen LogP) is 3.52. The molecule has 2 unspecified atom stereocenters. The van der Waals surface area contributed by atoms with Gasteiger partial charge in [-0.1, -0.05) is 18.2 Å². The molecule has 226 valence electrons. The Balaban J connectivity index is 1.27. The molecule has 3 atom stereocenters. The molecule has 0 amide bonds. The normalized spacial score (nSPS) is 24.0. The Bertz CT molecular complexity index is 1080. The monoisotopic (exact) mass is 570 g/mol. The smallest absolute Gasteiger partial charge is 0.142 e. The standard InChI is InChI=1S/C32H46N2O7/c1-36-15-3-13-34-14-19-40-28-9-4-24(20-27(28)34)23-41-30-22-33-21-29(31(30)25-5-7-26(37-2)8-6-25)39-18-12-32(35)10-16-38-17-11-32/h4-9,20,29-31,33,35H,3,10-19,21-23H2,1-2H3/t29-,30?,31?/m1/s1. The van der Waals surface area contributed by atoms with E-state index >= 15 is 0 Å². The van der Waals surface area contributed by atoms with E-state index in [0.717, 1.165) is 67.5 Å². The van der Waals surface area contributed by atoms with Crippen LogP contribution < -0.4 is 19.7 Å². The summed E-state index contributed by atoms with van der Waals surface area (Å²) < 4.78 is 35.2. The van der Waals surface area contributed by atoms with Crippen LogP contribution in [0.25, 0.3) is 0 Å². The van der Waals surface area contributed by atoms with Gasteiger partial charge in [0.2, 0.25) is 0 Å². The lowest BCUT2D eigenvalue weighted by atomic mass is 9.85. The van der Waals surface area contributed by atoms with Crippen LogP contribution in [0.3, 0.4) is 0 Å². The van der Waals surface area contributed by atoms with Gasteiger partial charge in [0.1, 0.15) is 18.1 Å². The second kappa shape index (κ2) is 14.7. The molecular weight excluding hydrogens is 524 g/mol. The number of hydrogen-bond donors (Lipinski definition) is 2. The Morgan fingerprint density at radius 3 is 2.51 bits per heavy atom. The van der Waals surface area contributed by atoms with Crippen molar-refractivity contribution in [2.45, 2.75) is 56.0 Å². The molecule has 3 aliphatic rings. The second-order valence-electron chi connectivity index (χ2n) is 11.3. The van der Waals surface area contributed by atoms with Gasteiger partial charge >= 0.3 is 0 Å². The van der Waals surface area contributed by atoms with E-state index in [4.69, 9.17) is 28.4 Å². The highest BCUT2D eigenvalue weighted by Gasteiger charge is 2.37. The fourth-order valence-electron chi connectivity index (χ4n) is 6.09. The Morgan fingerprint density at radius 2 is 1.76 bits per heavy atom. The van der Waals surface area contributed by atoms with Crippen LogP contribution in [0.15, 0.2) is 42.5 Å². The van der Waals surface area contributed by atoms with Crippen LogP contribution in [-0.2, 0) is 25.6 Å². The number of rotatable bonds is 13. The molecule has 3 heterocycles. The summed E-state index contributed by atoms with van der Waals surface area (Å²) in [4.78, 5) is 2.37. The van der Waals surface area contributed by atoms with Gasteiger partial charge < -0.3 is 43.7 Å². The number of nitrogens with one attached hydrogen (secondary N) is 1. The molecule has 0 aliphatic carbocycles. The minimum atomic E-state index is -0.709. The van der Waals surface area contributed by atoms with Crippen LogP contribution in [0.2, 0.25) is 0 Å². The van der Waals surface area contributed by atoms with E-state index in [-0.39, 0.29) is 18.1 Å². The summed E-state index contributed by atoms with van der Waals surface area (Å²) in [6.07, 6.45) is 2.72. The maximum absolute atomic E-state index is 10.9. The van der Waals surface area contributed by atoms with Gasteiger partial charge in [-0.3, -0.25) is 0 Å². The van der Waals surface area contributed by atoms with E-state index < -0.39 is 5.60 Å². The molecule has 9 heteroatoms. The molecule has 0 spiro atoms. The highest BCUT2D eigenvalue weighted by atomic mass is 16.5. The Morgan fingerprint density at radius 1 is 0.976 bits per heavy atom. The van der Waals surface area contributed by atoms with Crippen molar-refractivity contribution in [1.82, 2.24) is 5.32 Å². The first-order valence-corrected chi connectivity index (χ1v) is 15.0. The first-order valence-electron chi connectivity index (χ1n) is 15.0. The third-order valence-corrected chi connectivity index (χ3v) is 8.54. The number of piperidine rings is 1. The maximum Gasteiger partial charge on any atom is 0.142 e. The lowest BCUT2D eigenvalue weighted by molar-refractivity contribution is -0.0987. The third-order valence-electron chi connectivity index (χ3n) is 8.54. The molecular formula is C32H46N2O7. The van der Waals surface area contributed by atoms with Crippen LogP contribution in [0.1, 0.15) is 42.7 Å². The van der Waals surface area contributed by atoms with E-state index in [0.29, 0.717) is 52.3 Å². The zero-order valence-corrected chi connectivity index (χ0v) is 24.5. The van der Waals surface area contributed by atoms with Crippen LogP contribution in [0.4, 0.5) is 5.69 Å². The molecule has 2 fully saturated rings. The summed E-state index contributed by atoms with van der Waals surface area (Å²) in [6.45, 7) is 6.89. The minimum Gasteiger partial charge on any atom is -0.497 e. The van der Waals surface area contributed by atoms with Crippen molar-refractivity contribution >= 4 is 5.69 Å². The number of nitrogens with zero attached hydrogens (tertiary/aromatic N) is 1. The second-order valence-corrected chi connectivity index (χ2v) is 11.3. The minimum absolute atomic E-state index is 0.0398. The molecule has 5 rings (SSSR count). The average Bonchev–Trinajstić information content (AvgIpc) is 3.00. The third kappa shape index (κ3) is 7.91. The summed E-state index contributed by atoms with van der Waals surface area (Å²) in [5.74, 6) is 1.79. The molecule has 3 aliphatic heterocycles. The summed E-state index contributed by atoms with van der Waals surface area (Å²) in [5.41, 5.74) is 2.69. The number of fused-ring (bicyclic) bond motifs is 1. The van der Waals surface area contributed by atoms with Gasteiger partial charge in [-0.05, 0) is 61.1 Å². The highest BCUT2D eigenvalue weighted by molar-refractivity contribution is 5.61. The number of methoxy groups -OCH3 is 2. The number of benzene rings is 2. The van der Waals surface area contributed by atoms with Gasteiger partial charge in [-0.25, -0.2) is 0 Å². The first-order chi connectivity index (χ1) is 20.1. The van der Waals surface area contributed by atoms with E-state index in [1.165, 1.54) is 0 Å². The van der Waals surface area contributed by atoms with Crippen LogP contribution in [0, 0.1) is 0 Å². The summed E-state index contributed by atoms with van der Waals surface area (Å²) >= 11 is 0. The van der Waals surface area contributed by atoms with Gasteiger partial charge in [0.05, 0.1) is 43.8 Å². The Hall–Kier alpha value is -2.40. The van der Waals surface area contributed by atoms with E-state index in [1.54, 1.807) is 14.2 Å². The lowest BCUT2D eigenvalue weighted by Gasteiger charge is -2.39. The molecule has 0 bridgehead atoms. The number of anilines is 1. The molecule has 0 saturated carbocycles. The summed E-state index contributed by atoms with van der Waals surface area (Å²) in [5, 5.41) is 14.5. The van der Waals surface area contributed by atoms with Crippen LogP contribution in [0.5, 0.6) is 11.5 Å². The van der Waals surface area contributed by atoms with E-state index in [2.05, 4.69) is 40.5 Å². The average molecular weight is 571 g/mol. The molecule has 2 aromatic rings. The lowest BCUT2D eigenvalue weighted by Crippen LogP contribution is -2.51. The van der Waals surface area contributed by atoms with Crippen molar-refractivity contribution in [3.63, 3.8) is 0 Å². The van der Waals surface area contributed by atoms with Gasteiger partial charge in [0.15, 0.2) is 0 Å². The largest absolute Gasteiger partial charge is 0.497 e. The SMILES string of the molecule is COCCCN1CCOc2ccc(COC3CNC[C@@H](OCCC4(O)CCOCC4)C3c3ccc(OC)cc3)cc21. The van der Waals surface area contributed by atoms with Gasteiger partial charge in [-0.15, -0.1) is 0 Å². The predicted molar refractivity (Wildman–Crippen MR) is 157 cm³/mol. The first kappa shape index (κ1) is 30.1. The topological polar surface area (TPSA) is 90.9 Å². The molecule has 2 saturated heterocycles. The van der Waals surface area contributed by atoms with Gasteiger partial charge in [0.25, 0.3) is 0 Å². The number of ether oxygens (including phenoxy) is 6. The molecule has 41 heavy (non-hydrogen) atoms. The number of hydrogen-bond acceptors (Lipinski definition) is 9. The maximum atomic E-state index is 10.9. The van der Waals surface area contributed by atoms with Crippen molar-refractivity contribution < 1.29 is 33.5 Å². The van der Waals surface area contributed by atoms with E-state index in [9.17, 15) is 5.11 Å². The Kier molecular flexibility index (Phi) is 10.8. The van der Waals surface area contributed by atoms with Crippen molar-refractivity contribution in [3.05, 3.63) is 53.6 Å². The fourth-order valence-corrected chi connectivity index (χ4v) is 6.09. The number of aliphatic hydroxyl groups is 1. The quantitative estimate of drug-likeness (QED) is 0.351.